The van der Waals surface area contributed by atoms with Crippen LogP contribution in [-0.4, -0.2) is 7.85 Å². The van der Waals surface area contributed by atoms with E-state index in [0.717, 1.165) is 0 Å². The Balaban J connectivity index is 2.40. The van der Waals surface area contributed by atoms with Crippen molar-refractivity contribution in [2.45, 2.75) is 0 Å². The average molecular weight is 265 g/mol. The molecule has 0 aliphatic rings. The summed E-state index contributed by atoms with van der Waals surface area (Å²) in [6.07, 6.45) is 0. The molecule has 1 nitrogen and oxygen atoms in total. The van der Waals surface area contributed by atoms with E-state index < -0.39 is 72.0 Å². The summed E-state index contributed by atoms with van der Waals surface area (Å²) in [5.74, 6) is 0. The van der Waals surface area contributed by atoms with Crippen LogP contribution in [0.2, 0.25) is 0 Å². The van der Waals surface area contributed by atoms with Crippen LogP contribution in [0.3, 0.4) is 0 Å². The second kappa shape index (κ2) is 4.27. The predicted octanol–water partition coefficient (Wildman–Crippen LogP) is 4.05. The monoisotopic (exact) mass is 265 g/mol. The highest BCUT2D eigenvalue weighted by Crippen LogP contribution is 2.35. The SMILES string of the molecule is [2H]c1c([2H])c([2H])c(-c2c([2H])c([2H])c([2H])c3oc4c([2H])c([B])c([2H])c([2H])c4c23)c([2H])c1[2H]. The van der Waals surface area contributed by atoms with Gasteiger partial charge in [-0.3, -0.25) is 0 Å². The van der Waals surface area contributed by atoms with Gasteiger partial charge in [-0.1, -0.05) is 59.8 Å². The van der Waals surface area contributed by atoms with Gasteiger partial charge in [0.2, 0.25) is 0 Å². The van der Waals surface area contributed by atoms with E-state index in [9.17, 15) is 0 Å². The molecule has 1 aromatic heterocycles. The van der Waals surface area contributed by atoms with Gasteiger partial charge in [0.15, 0.2) is 0 Å². The fourth-order valence-electron chi connectivity index (χ4n) is 2.02. The standard InChI is InChI=1S/C18H11BO/c19-13-9-10-15-17(11-13)20-16-8-4-7-14(18(15)16)12-5-2-1-3-6-12/h1-11H/i1D,2D,3D,4D,5D,6D,7D,8D,9D,10D,11D. The molecule has 1 heterocycles. The van der Waals surface area contributed by atoms with Gasteiger partial charge in [-0.05, 0) is 23.2 Å². The van der Waals surface area contributed by atoms with Crippen LogP contribution in [0, 0.1) is 0 Å². The first-order valence-electron chi connectivity index (χ1n) is 11.2. The normalized spacial score (nSPS) is 18.9. The summed E-state index contributed by atoms with van der Waals surface area (Å²) in [6.45, 7) is 0. The van der Waals surface area contributed by atoms with Gasteiger partial charge in [0, 0.05) is 10.8 Å². The molecule has 4 rings (SSSR count). The lowest BCUT2D eigenvalue weighted by molar-refractivity contribution is 0.669. The fraction of sp³-hybridized carbons (Fsp3) is 0. The largest absolute Gasteiger partial charge is 0.456 e. The lowest BCUT2D eigenvalue weighted by Gasteiger charge is -2.03. The van der Waals surface area contributed by atoms with Crippen LogP contribution in [0.25, 0.3) is 33.1 Å². The maximum atomic E-state index is 8.41. The highest BCUT2D eigenvalue weighted by molar-refractivity contribution is 6.33. The predicted molar refractivity (Wildman–Crippen MR) is 84.5 cm³/mol. The molecule has 0 bridgehead atoms. The highest BCUT2D eigenvalue weighted by Gasteiger charge is 2.11. The molecule has 92 valence electrons. The van der Waals surface area contributed by atoms with Gasteiger partial charge in [0.25, 0.3) is 0 Å². The zero-order valence-electron chi connectivity index (χ0n) is 21.0. The minimum absolute atomic E-state index is 0.147. The number of hydrogen-bond donors (Lipinski definition) is 0. The van der Waals surface area contributed by atoms with E-state index in [4.69, 9.17) is 27.3 Å². The molecule has 0 atom stereocenters. The molecule has 0 fully saturated rings. The summed E-state index contributed by atoms with van der Waals surface area (Å²) in [6, 6.07) is -6.35. The third kappa shape index (κ3) is 1.65. The second-order valence-corrected chi connectivity index (χ2v) is 4.05. The van der Waals surface area contributed by atoms with Crippen molar-refractivity contribution in [3.63, 3.8) is 0 Å². The Hall–Kier alpha value is -2.48. The summed E-state index contributed by atoms with van der Waals surface area (Å²) >= 11 is 0. The lowest BCUT2D eigenvalue weighted by Crippen LogP contribution is -1.98. The summed E-state index contributed by atoms with van der Waals surface area (Å²) < 4.78 is 95.0. The molecule has 0 unspecified atom stereocenters. The van der Waals surface area contributed by atoms with Crippen LogP contribution in [0.5, 0.6) is 0 Å². The number of benzene rings is 3. The van der Waals surface area contributed by atoms with Gasteiger partial charge in [0.1, 0.15) is 19.0 Å². The van der Waals surface area contributed by atoms with E-state index >= 15 is 0 Å². The quantitative estimate of drug-likeness (QED) is 0.473. The van der Waals surface area contributed by atoms with Gasteiger partial charge < -0.3 is 4.42 Å². The Morgan fingerprint density at radius 2 is 1.70 bits per heavy atom. The van der Waals surface area contributed by atoms with Crippen molar-refractivity contribution in [3.05, 3.63) is 66.5 Å². The first-order chi connectivity index (χ1) is 14.4. The second-order valence-electron chi connectivity index (χ2n) is 4.05. The zero-order chi connectivity index (χ0) is 23.1. The van der Waals surface area contributed by atoms with Crippen molar-refractivity contribution in [2.75, 3.05) is 0 Å². The van der Waals surface area contributed by atoms with Crippen molar-refractivity contribution in [3.8, 4) is 11.1 Å². The molecule has 0 spiro atoms. The molecular formula is C18H11BO. The molecule has 0 amide bonds. The van der Waals surface area contributed by atoms with E-state index in [1.54, 1.807) is 0 Å². The van der Waals surface area contributed by atoms with Crippen LogP contribution >= 0.6 is 0 Å². The van der Waals surface area contributed by atoms with Crippen LogP contribution in [0.4, 0.5) is 0 Å². The van der Waals surface area contributed by atoms with Gasteiger partial charge in [-0.25, -0.2) is 0 Å². The summed E-state index contributed by atoms with van der Waals surface area (Å²) in [5.41, 5.74) is -1.58. The number of hydrogen-bond acceptors (Lipinski definition) is 1. The fourth-order valence-corrected chi connectivity index (χ4v) is 2.02. The summed E-state index contributed by atoms with van der Waals surface area (Å²) in [4.78, 5) is 0. The molecule has 0 saturated heterocycles. The molecule has 2 radical (unpaired) electrons. The first-order valence-corrected chi connectivity index (χ1v) is 5.70. The smallest absolute Gasteiger partial charge is 0.136 e. The van der Waals surface area contributed by atoms with Gasteiger partial charge >= 0.3 is 0 Å². The van der Waals surface area contributed by atoms with Crippen molar-refractivity contribution >= 4 is 35.2 Å². The highest BCUT2D eigenvalue weighted by atomic mass is 16.3. The first kappa shape index (κ1) is 4.82. The maximum Gasteiger partial charge on any atom is 0.136 e. The molecule has 2 heteroatoms. The van der Waals surface area contributed by atoms with E-state index in [2.05, 4.69) is 0 Å². The average Bonchev–Trinajstić information content (AvgIpc) is 3.14. The number of fused-ring (bicyclic) bond motifs is 3. The van der Waals surface area contributed by atoms with E-state index in [-0.39, 0.29) is 33.0 Å². The number of rotatable bonds is 1. The molecule has 20 heavy (non-hydrogen) atoms. The van der Waals surface area contributed by atoms with Crippen molar-refractivity contribution < 1.29 is 19.5 Å². The van der Waals surface area contributed by atoms with Crippen molar-refractivity contribution in [1.29, 1.82) is 0 Å². The number of furan rings is 1. The molecule has 3 aromatic carbocycles. The van der Waals surface area contributed by atoms with Crippen LogP contribution in [0.1, 0.15) is 15.1 Å². The third-order valence-electron chi connectivity index (χ3n) is 2.84. The van der Waals surface area contributed by atoms with E-state index in [0.29, 0.717) is 0 Å². The third-order valence-corrected chi connectivity index (χ3v) is 2.84. The van der Waals surface area contributed by atoms with Crippen LogP contribution in [0.15, 0.2) is 70.9 Å². The lowest BCUT2D eigenvalue weighted by atomic mass is 9.94. The molecule has 0 aliphatic carbocycles. The molecule has 0 aliphatic heterocycles. The minimum atomic E-state index is -0.657. The Morgan fingerprint density at radius 3 is 2.55 bits per heavy atom. The Bertz CT molecular complexity index is 1430. The topological polar surface area (TPSA) is 13.1 Å². The Morgan fingerprint density at radius 1 is 0.850 bits per heavy atom. The van der Waals surface area contributed by atoms with Gasteiger partial charge in [-0.2, -0.15) is 0 Å². The van der Waals surface area contributed by atoms with Crippen molar-refractivity contribution in [2.24, 2.45) is 0 Å². The zero-order valence-corrected chi connectivity index (χ0v) is 9.99. The Labute approximate surface area is 133 Å². The summed E-state index contributed by atoms with van der Waals surface area (Å²) in [5, 5.41) is -0.297. The van der Waals surface area contributed by atoms with Gasteiger partial charge in [0.05, 0.1) is 15.1 Å². The van der Waals surface area contributed by atoms with E-state index in [1.165, 1.54) is 0 Å². The molecular weight excluding hydrogens is 243 g/mol. The van der Waals surface area contributed by atoms with Crippen LogP contribution < -0.4 is 5.46 Å². The van der Waals surface area contributed by atoms with Crippen molar-refractivity contribution in [1.82, 2.24) is 0 Å². The van der Waals surface area contributed by atoms with Gasteiger partial charge in [-0.15, -0.1) is 0 Å². The van der Waals surface area contributed by atoms with Crippen LogP contribution in [-0.2, 0) is 0 Å². The maximum absolute atomic E-state index is 8.41. The Kier molecular flexibility index (Phi) is 1.03. The summed E-state index contributed by atoms with van der Waals surface area (Å²) in [7, 11) is 5.72. The minimum Gasteiger partial charge on any atom is -0.456 e. The molecule has 4 aromatic rings. The molecule has 0 N–H and O–H groups in total. The van der Waals surface area contributed by atoms with E-state index in [1.807, 2.05) is 0 Å². The molecule has 0 saturated carbocycles.